The van der Waals surface area contributed by atoms with Gasteiger partial charge in [-0.05, 0) is 36.0 Å². The summed E-state index contributed by atoms with van der Waals surface area (Å²) in [6.45, 7) is 7.45. The maximum absolute atomic E-state index is 12.1. The van der Waals surface area contributed by atoms with Gasteiger partial charge in [0.15, 0.2) is 0 Å². The fourth-order valence-electron chi connectivity index (χ4n) is 2.89. The van der Waals surface area contributed by atoms with Crippen molar-refractivity contribution in [2.75, 3.05) is 13.1 Å². The van der Waals surface area contributed by atoms with E-state index in [9.17, 15) is 4.79 Å². The summed E-state index contributed by atoms with van der Waals surface area (Å²) in [7, 11) is 0. The lowest BCUT2D eigenvalue weighted by atomic mass is 9.96. The molecule has 0 heterocycles. The molecule has 0 aromatic heterocycles. The Morgan fingerprint density at radius 3 is 2.33 bits per heavy atom. The molecule has 2 N–H and O–H groups in total. The minimum atomic E-state index is 0.0464. The molecule has 0 unspecified atom stereocenters. The molecule has 1 amide bonds. The Hall–Kier alpha value is -2.13. The quantitative estimate of drug-likeness (QED) is 0.778. The Bertz CT molecular complexity index is 637. The molecule has 24 heavy (non-hydrogen) atoms. The highest BCUT2D eigenvalue weighted by Gasteiger charge is 2.16. The second-order valence-corrected chi connectivity index (χ2v) is 6.54. The fraction of sp³-hybridized carbons (Fsp3) is 0.381. The van der Waals surface area contributed by atoms with Gasteiger partial charge in [0.25, 0.3) is 0 Å². The third-order valence-corrected chi connectivity index (χ3v) is 4.29. The van der Waals surface area contributed by atoms with Gasteiger partial charge >= 0.3 is 0 Å². The molecule has 2 aromatic carbocycles. The molecule has 0 radical (unpaired) electrons. The van der Waals surface area contributed by atoms with Gasteiger partial charge in [-0.15, -0.1) is 0 Å². The van der Waals surface area contributed by atoms with Crippen LogP contribution in [0.5, 0.6) is 0 Å². The predicted octanol–water partition coefficient (Wildman–Crippen LogP) is 3.64. The second-order valence-electron chi connectivity index (χ2n) is 6.54. The summed E-state index contributed by atoms with van der Waals surface area (Å²) < 4.78 is 0. The minimum Gasteiger partial charge on any atom is -0.355 e. The monoisotopic (exact) mass is 324 g/mol. The number of rotatable bonds is 8. The summed E-state index contributed by atoms with van der Waals surface area (Å²) in [6, 6.07) is 18.8. The molecule has 2 rings (SSSR count). The molecule has 3 nitrogen and oxygen atoms in total. The summed E-state index contributed by atoms with van der Waals surface area (Å²) in [6.07, 6.45) is 0.866. The third-order valence-electron chi connectivity index (χ3n) is 4.29. The van der Waals surface area contributed by atoms with Crippen LogP contribution in [0, 0.1) is 12.8 Å². The van der Waals surface area contributed by atoms with Crippen LogP contribution in [0.25, 0.3) is 0 Å². The highest BCUT2D eigenvalue weighted by Crippen LogP contribution is 2.20. The van der Waals surface area contributed by atoms with Crippen LogP contribution in [-0.2, 0) is 11.2 Å². The van der Waals surface area contributed by atoms with Crippen molar-refractivity contribution in [3.8, 4) is 0 Å². The Kier molecular flexibility index (Phi) is 7.01. The Labute approximate surface area is 145 Å². The van der Waals surface area contributed by atoms with Crippen molar-refractivity contribution in [2.24, 2.45) is 5.92 Å². The Balaban J connectivity index is 1.78. The number of aryl methyl sites for hydroxylation is 1. The van der Waals surface area contributed by atoms with Crippen molar-refractivity contribution in [3.63, 3.8) is 0 Å². The van der Waals surface area contributed by atoms with Gasteiger partial charge in [0, 0.05) is 12.6 Å². The molecule has 0 aliphatic rings. The molecule has 0 saturated heterocycles. The van der Waals surface area contributed by atoms with Crippen LogP contribution < -0.4 is 10.6 Å². The standard InChI is InChI=1S/C21H28N2O/c1-16(2)21(19-11-5-4-6-12-19)23-15-20(24)22-14-13-18-10-8-7-9-17(18)3/h4-12,16,21,23H,13-15H2,1-3H3,(H,22,24)/t21-/m0/s1. The summed E-state index contributed by atoms with van der Waals surface area (Å²) in [5.74, 6) is 0.470. The zero-order valence-corrected chi connectivity index (χ0v) is 14.9. The van der Waals surface area contributed by atoms with E-state index in [1.54, 1.807) is 0 Å². The molecule has 0 fully saturated rings. The van der Waals surface area contributed by atoms with Gasteiger partial charge in [0.2, 0.25) is 5.91 Å². The number of amides is 1. The van der Waals surface area contributed by atoms with Crippen LogP contribution >= 0.6 is 0 Å². The highest BCUT2D eigenvalue weighted by molar-refractivity contribution is 5.78. The van der Waals surface area contributed by atoms with Gasteiger partial charge in [-0.1, -0.05) is 68.4 Å². The van der Waals surface area contributed by atoms with Gasteiger partial charge in [0.05, 0.1) is 6.54 Å². The van der Waals surface area contributed by atoms with Gasteiger partial charge in [-0.25, -0.2) is 0 Å². The van der Waals surface area contributed by atoms with E-state index in [1.165, 1.54) is 16.7 Å². The van der Waals surface area contributed by atoms with Crippen LogP contribution in [-0.4, -0.2) is 19.0 Å². The van der Waals surface area contributed by atoms with Crippen molar-refractivity contribution in [1.29, 1.82) is 0 Å². The van der Waals surface area contributed by atoms with Crippen LogP contribution in [0.15, 0.2) is 54.6 Å². The molecular formula is C21H28N2O. The topological polar surface area (TPSA) is 41.1 Å². The number of carbonyl (C=O) groups is 1. The Morgan fingerprint density at radius 2 is 1.67 bits per heavy atom. The van der Waals surface area contributed by atoms with Crippen molar-refractivity contribution in [1.82, 2.24) is 10.6 Å². The normalized spacial score (nSPS) is 12.2. The zero-order valence-electron chi connectivity index (χ0n) is 14.9. The van der Waals surface area contributed by atoms with Crippen LogP contribution in [0.1, 0.15) is 36.6 Å². The van der Waals surface area contributed by atoms with Crippen LogP contribution in [0.4, 0.5) is 0 Å². The van der Waals surface area contributed by atoms with Crippen molar-refractivity contribution >= 4 is 5.91 Å². The molecule has 128 valence electrons. The number of hydrogen-bond donors (Lipinski definition) is 2. The van der Waals surface area contributed by atoms with Gasteiger partial charge in [0.1, 0.15) is 0 Å². The average molecular weight is 324 g/mol. The largest absolute Gasteiger partial charge is 0.355 e. The first-order valence-corrected chi connectivity index (χ1v) is 8.67. The van der Waals surface area contributed by atoms with E-state index in [2.05, 4.69) is 55.7 Å². The summed E-state index contributed by atoms with van der Waals surface area (Å²) in [5.41, 5.74) is 3.78. The minimum absolute atomic E-state index is 0.0464. The molecule has 1 atom stereocenters. The second kappa shape index (κ2) is 9.24. The lowest BCUT2D eigenvalue weighted by Crippen LogP contribution is -2.38. The first-order chi connectivity index (χ1) is 11.6. The number of benzene rings is 2. The molecule has 0 bridgehead atoms. The van der Waals surface area contributed by atoms with Crippen molar-refractivity contribution in [2.45, 2.75) is 33.2 Å². The lowest BCUT2D eigenvalue weighted by molar-refractivity contribution is -0.120. The average Bonchev–Trinajstić information content (AvgIpc) is 2.57. The SMILES string of the molecule is Cc1ccccc1CCNC(=O)CN[C@H](c1ccccc1)C(C)C. The number of hydrogen-bond acceptors (Lipinski definition) is 2. The first-order valence-electron chi connectivity index (χ1n) is 8.67. The zero-order chi connectivity index (χ0) is 17.4. The van der Waals surface area contributed by atoms with E-state index in [0.717, 1.165) is 6.42 Å². The maximum Gasteiger partial charge on any atom is 0.233 e. The lowest BCUT2D eigenvalue weighted by Gasteiger charge is -2.22. The summed E-state index contributed by atoms with van der Waals surface area (Å²) in [4.78, 5) is 12.1. The molecule has 0 saturated carbocycles. The molecule has 3 heteroatoms. The maximum atomic E-state index is 12.1. The van der Waals surface area contributed by atoms with Crippen LogP contribution in [0.3, 0.4) is 0 Å². The molecule has 0 spiro atoms. The Morgan fingerprint density at radius 1 is 1.00 bits per heavy atom. The fourth-order valence-corrected chi connectivity index (χ4v) is 2.89. The van der Waals surface area contributed by atoms with Crippen molar-refractivity contribution in [3.05, 3.63) is 71.3 Å². The van der Waals surface area contributed by atoms with Gasteiger partial charge in [-0.3, -0.25) is 4.79 Å². The smallest absolute Gasteiger partial charge is 0.233 e. The molecular weight excluding hydrogens is 296 g/mol. The van der Waals surface area contributed by atoms with E-state index in [1.807, 2.05) is 30.3 Å². The molecule has 2 aromatic rings. The highest BCUT2D eigenvalue weighted by atomic mass is 16.1. The first kappa shape index (κ1) is 18.2. The van der Waals surface area contributed by atoms with E-state index >= 15 is 0 Å². The van der Waals surface area contributed by atoms with E-state index in [-0.39, 0.29) is 11.9 Å². The van der Waals surface area contributed by atoms with Gasteiger partial charge in [-0.2, -0.15) is 0 Å². The third kappa shape index (κ3) is 5.50. The summed E-state index contributed by atoms with van der Waals surface area (Å²) >= 11 is 0. The predicted molar refractivity (Wildman–Crippen MR) is 99.9 cm³/mol. The van der Waals surface area contributed by atoms with Gasteiger partial charge < -0.3 is 10.6 Å². The number of nitrogens with one attached hydrogen (secondary N) is 2. The number of carbonyl (C=O) groups excluding carboxylic acids is 1. The van der Waals surface area contributed by atoms with Crippen molar-refractivity contribution < 1.29 is 4.79 Å². The molecule has 0 aliphatic heterocycles. The van der Waals surface area contributed by atoms with E-state index < -0.39 is 0 Å². The van der Waals surface area contributed by atoms with Crippen LogP contribution in [0.2, 0.25) is 0 Å². The molecule has 0 aliphatic carbocycles. The van der Waals surface area contributed by atoms with E-state index in [0.29, 0.717) is 19.0 Å². The van der Waals surface area contributed by atoms with E-state index in [4.69, 9.17) is 0 Å². The summed E-state index contributed by atoms with van der Waals surface area (Å²) in [5, 5.41) is 6.39.